The molecular formula is C14H13F6NO5. The quantitative estimate of drug-likeness (QED) is 0.726. The number of ether oxygens (including phenoxy) is 2. The van der Waals surface area contributed by atoms with Gasteiger partial charge in [0.15, 0.2) is 13.2 Å². The third-order valence-corrected chi connectivity index (χ3v) is 2.69. The third kappa shape index (κ3) is 7.49. The molecule has 12 heteroatoms. The summed E-state index contributed by atoms with van der Waals surface area (Å²) in [6.07, 6.45) is -9.39. The Kier molecular flexibility index (Phi) is 6.70. The largest absolute Gasteiger partial charge is 0.484 e. The summed E-state index contributed by atoms with van der Waals surface area (Å²) in [6.45, 7) is -4.22. The summed E-state index contributed by atoms with van der Waals surface area (Å²) >= 11 is 0. The fraction of sp³-hybridized carbons (Fsp3) is 0.429. The van der Waals surface area contributed by atoms with Gasteiger partial charge in [0.2, 0.25) is 0 Å². The second kappa shape index (κ2) is 8.15. The fourth-order valence-corrected chi connectivity index (χ4v) is 1.70. The van der Waals surface area contributed by atoms with Crippen molar-refractivity contribution in [1.29, 1.82) is 0 Å². The van der Waals surface area contributed by atoms with Gasteiger partial charge in [-0.05, 0) is 18.2 Å². The molecule has 26 heavy (non-hydrogen) atoms. The smallest absolute Gasteiger partial charge is 0.422 e. The summed E-state index contributed by atoms with van der Waals surface area (Å²) in [5, 5.41) is 8.66. The van der Waals surface area contributed by atoms with Crippen molar-refractivity contribution in [3.63, 3.8) is 0 Å². The molecule has 1 rings (SSSR count). The highest BCUT2D eigenvalue weighted by Gasteiger charge is 2.31. The highest BCUT2D eigenvalue weighted by molar-refractivity contribution is 5.98. The first-order valence-corrected chi connectivity index (χ1v) is 6.79. The van der Waals surface area contributed by atoms with Crippen molar-refractivity contribution in [2.75, 3.05) is 26.8 Å². The Labute approximate surface area is 142 Å². The summed E-state index contributed by atoms with van der Waals surface area (Å²) in [6, 6.07) is 2.48. The minimum Gasteiger partial charge on any atom is -0.484 e. The lowest BCUT2D eigenvalue weighted by molar-refractivity contribution is -0.154. The highest BCUT2D eigenvalue weighted by Crippen LogP contribution is 2.28. The average Bonchev–Trinajstić information content (AvgIpc) is 2.48. The number of hydrogen-bond donors (Lipinski definition) is 1. The monoisotopic (exact) mass is 389 g/mol. The van der Waals surface area contributed by atoms with Crippen LogP contribution in [-0.4, -0.2) is 61.0 Å². The van der Waals surface area contributed by atoms with E-state index in [2.05, 4.69) is 9.47 Å². The first kappa shape index (κ1) is 21.4. The van der Waals surface area contributed by atoms with Crippen molar-refractivity contribution in [3.05, 3.63) is 23.8 Å². The normalized spacial score (nSPS) is 11.8. The van der Waals surface area contributed by atoms with Gasteiger partial charge in [0.1, 0.15) is 18.0 Å². The summed E-state index contributed by atoms with van der Waals surface area (Å²) in [5.74, 6) is -3.50. The standard InChI is InChI=1S/C14H13F6NO5/c1-21(5-11(22)23)12(24)9-4-8(25-6-13(15,16)17)2-3-10(9)26-7-14(18,19)20/h2-4H,5-7H2,1H3,(H,22,23). The number of carboxylic acid groups (broad SMARTS) is 1. The summed E-state index contributed by atoms with van der Waals surface area (Å²) in [7, 11) is 1.05. The van der Waals surface area contributed by atoms with Gasteiger partial charge in [-0.25, -0.2) is 0 Å². The molecule has 0 aliphatic carbocycles. The van der Waals surface area contributed by atoms with Crippen molar-refractivity contribution < 1.29 is 50.5 Å². The van der Waals surface area contributed by atoms with E-state index in [0.717, 1.165) is 25.2 Å². The van der Waals surface area contributed by atoms with Crippen LogP contribution in [0.15, 0.2) is 18.2 Å². The SMILES string of the molecule is CN(CC(=O)O)C(=O)c1cc(OCC(F)(F)F)ccc1OCC(F)(F)F. The Bertz CT molecular complexity index is 658. The minimum atomic E-state index is -4.72. The Hall–Kier alpha value is -2.66. The number of carbonyl (C=O) groups is 2. The van der Waals surface area contributed by atoms with Crippen LogP contribution in [0.5, 0.6) is 11.5 Å². The molecule has 1 N–H and O–H groups in total. The molecule has 0 saturated carbocycles. The van der Waals surface area contributed by atoms with Gasteiger partial charge in [0, 0.05) is 7.05 Å². The number of amides is 1. The predicted molar refractivity (Wildman–Crippen MR) is 74.1 cm³/mol. The Morgan fingerprint density at radius 3 is 2.08 bits per heavy atom. The Balaban J connectivity index is 3.12. The van der Waals surface area contributed by atoms with Crippen LogP contribution in [0.3, 0.4) is 0 Å². The van der Waals surface area contributed by atoms with Crippen molar-refractivity contribution in [2.24, 2.45) is 0 Å². The van der Waals surface area contributed by atoms with Crippen LogP contribution in [-0.2, 0) is 4.79 Å². The van der Waals surface area contributed by atoms with Gasteiger partial charge in [-0.1, -0.05) is 0 Å². The van der Waals surface area contributed by atoms with E-state index in [-0.39, 0.29) is 0 Å². The first-order chi connectivity index (χ1) is 11.8. The van der Waals surface area contributed by atoms with Crippen molar-refractivity contribution in [3.8, 4) is 11.5 Å². The number of benzene rings is 1. The Morgan fingerprint density at radius 2 is 1.58 bits per heavy atom. The van der Waals surface area contributed by atoms with E-state index >= 15 is 0 Å². The number of carbonyl (C=O) groups excluding carboxylic acids is 1. The Morgan fingerprint density at radius 1 is 1.04 bits per heavy atom. The molecule has 0 unspecified atom stereocenters. The average molecular weight is 389 g/mol. The van der Waals surface area contributed by atoms with Crippen molar-refractivity contribution in [2.45, 2.75) is 12.4 Å². The van der Waals surface area contributed by atoms with E-state index in [9.17, 15) is 35.9 Å². The molecule has 0 bridgehead atoms. The zero-order valence-corrected chi connectivity index (χ0v) is 13.1. The van der Waals surface area contributed by atoms with Gasteiger partial charge < -0.3 is 19.5 Å². The molecule has 0 saturated heterocycles. The fourth-order valence-electron chi connectivity index (χ4n) is 1.70. The molecule has 0 heterocycles. The number of rotatable bonds is 7. The van der Waals surface area contributed by atoms with E-state index in [1.165, 1.54) is 0 Å². The lowest BCUT2D eigenvalue weighted by Crippen LogP contribution is -2.32. The topological polar surface area (TPSA) is 76.1 Å². The molecular weight excluding hydrogens is 376 g/mol. The molecule has 0 aromatic heterocycles. The lowest BCUT2D eigenvalue weighted by Gasteiger charge is -2.19. The molecule has 0 aliphatic rings. The van der Waals surface area contributed by atoms with Gasteiger partial charge in [0.25, 0.3) is 5.91 Å². The maximum absolute atomic E-state index is 12.3. The minimum absolute atomic E-state index is 0.450. The zero-order valence-electron chi connectivity index (χ0n) is 13.1. The number of hydrogen-bond acceptors (Lipinski definition) is 4. The summed E-state index contributed by atoms with van der Waals surface area (Å²) in [4.78, 5) is 23.5. The van der Waals surface area contributed by atoms with E-state index < -0.39 is 61.1 Å². The van der Waals surface area contributed by atoms with Gasteiger partial charge in [-0.15, -0.1) is 0 Å². The van der Waals surface area contributed by atoms with Crippen LogP contribution in [0.1, 0.15) is 10.4 Å². The van der Waals surface area contributed by atoms with Crippen LogP contribution in [0, 0.1) is 0 Å². The van der Waals surface area contributed by atoms with Crippen LogP contribution in [0.2, 0.25) is 0 Å². The molecule has 146 valence electrons. The van der Waals surface area contributed by atoms with Gasteiger partial charge in [-0.2, -0.15) is 26.3 Å². The van der Waals surface area contributed by atoms with Crippen LogP contribution in [0.4, 0.5) is 26.3 Å². The molecule has 1 aromatic rings. The number of aliphatic carboxylic acids is 1. The summed E-state index contributed by atoms with van der Waals surface area (Å²) < 4.78 is 82.3. The summed E-state index contributed by atoms with van der Waals surface area (Å²) in [5.41, 5.74) is -0.572. The number of alkyl halides is 6. The molecule has 0 atom stereocenters. The van der Waals surface area contributed by atoms with Crippen molar-refractivity contribution >= 4 is 11.9 Å². The number of likely N-dealkylation sites (N-methyl/N-ethyl adjacent to an activating group) is 1. The lowest BCUT2D eigenvalue weighted by atomic mass is 10.1. The number of carboxylic acids is 1. The predicted octanol–water partition coefficient (Wildman–Crippen LogP) is 2.73. The zero-order chi connectivity index (χ0) is 20.1. The van der Waals surface area contributed by atoms with Gasteiger partial charge >= 0.3 is 18.3 Å². The maximum atomic E-state index is 12.3. The second-order valence-electron chi connectivity index (χ2n) is 5.02. The van der Waals surface area contributed by atoms with Crippen LogP contribution in [0.25, 0.3) is 0 Å². The number of nitrogens with zero attached hydrogens (tertiary/aromatic N) is 1. The molecule has 6 nitrogen and oxygen atoms in total. The molecule has 0 aliphatic heterocycles. The third-order valence-electron chi connectivity index (χ3n) is 2.69. The molecule has 0 fully saturated rings. The van der Waals surface area contributed by atoms with E-state index in [1.54, 1.807) is 0 Å². The second-order valence-corrected chi connectivity index (χ2v) is 5.02. The molecule has 1 amide bonds. The van der Waals surface area contributed by atoms with Crippen LogP contribution >= 0.6 is 0 Å². The van der Waals surface area contributed by atoms with Gasteiger partial charge in [0.05, 0.1) is 5.56 Å². The first-order valence-electron chi connectivity index (χ1n) is 6.79. The number of halogens is 6. The molecule has 0 radical (unpaired) electrons. The molecule has 1 aromatic carbocycles. The maximum Gasteiger partial charge on any atom is 0.422 e. The van der Waals surface area contributed by atoms with E-state index in [0.29, 0.717) is 4.90 Å². The van der Waals surface area contributed by atoms with E-state index in [1.807, 2.05) is 0 Å². The van der Waals surface area contributed by atoms with E-state index in [4.69, 9.17) is 5.11 Å². The van der Waals surface area contributed by atoms with Crippen LogP contribution < -0.4 is 9.47 Å². The highest BCUT2D eigenvalue weighted by atomic mass is 19.4. The van der Waals surface area contributed by atoms with Crippen molar-refractivity contribution in [1.82, 2.24) is 4.90 Å². The van der Waals surface area contributed by atoms with Gasteiger partial charge in [-0.3, -0.25) is 9.59 Å². The molecule has 0 spiro atoms.